The third kappa shape index (κ3) is 4.83. The average molecular weight is 739 g/mol. The molecule has 0 N–H and O–H groups in total. The monoisotopic (exact) mass is 738 g/mol. The van der Waals surface area contributed by atoms with Gasteiger partial charge in [-0.3, -0.25) is 0 Å². The summed E-state index contributed by atoms with van der Waals surface area (Å²) in [5, 5.41) is 17.1. The summed E-state index contributed by atoms with van der Waals surface area (Å²) in [4.78, 5) is 0. The first-order valence-corrected chi connectivity index (χ1v) is 20.4. The number of hydrogen-bond donors (Lipinski definition) is 0. The van der Waals surface area contributed by atoms with Crippen LogP contribution in [0, 0.1) is 0 Å². The van der Waals surface area contributed by atoms with Crippen molar-refractivity contribution in [1.29, 1.82) is 0 Å². The van der Waals surface area contributed by atoms with Crippen LogP contribution in [0.1, 0.15) is 25.3 Å². The van der Waals surface area contributed by atoms with Gasteiger partial charge < -0.3 is 4.42 Å². The fourth-order valence-corrected chi connectivity index (χ4v) is 9.85. The second-order valence-corrected chi connectivity index (χ2v) is 16.1. The van der Waals surface area contributed by atoms with Gasteiger partial charge in [0.05, 0.1) is 0 Å². The van der Waals surface area contributed by atoms with Crippen molar-refractivity contribution in [2.45, 2.75) is 19.8 Å². The van der Waals surface area contributed by atoms with Crippen LogP contribution in [0.5, 0.6) is 0 Å². The van der Waals surface area contributed by atoms with E-state index in [1.165, 1.54) is 98.0 Å². The first-order valence-electron chi connectivity index (χ1n) is 20.4. The molecule has 11 aromatic carbocycles. The fourth-order valence-electron chi connectivity index (χ4n) is 9.85. The Kier molecular flexibility index (Phi) is 7.19. The molecule has 12 rings (SSSR count). The molecule has 0 saturated carbocycles. The summed E-state index contributed by atoms with van der Waals surface area (Å²) in [7, 11) is 0. The number of rotatable bonds is 4. The first-order chi connectivity index (χ1) is 28.6. The van der Waals surface area contributed by atoms with Crippen LogP contribution in [0.3, 0.4) is 0 Å². The first kappa shape index (κ1) is 33.0. The molecule has 0 aliphatic heterocycles. The zero-order valence-electron chi connectivity index (χ0n) is 32.4. The molecule has 1 aromatic heterocycles. The van der Waals surface area contributed by atoms with E-state index in [0.29, 0.717) is 5.92 Å². The SMILES string of the molecule is CC(C)c1ccc2ccc3c4ccc(-c5c6ccccc6c(-c6c7ccccc7c(-c7ccc8ccccc8c7)c7ccccc67)c6ccccc56)cc4oc3c2c1. The van der Waals surface area contributed by atoms with E-state index in [2.05, 4.69) is 202 Å². The third-order valence-corrected chi connectivity index (χ3v) is 12.6. The largest absolute Gasteiger partial charge is 0.455 e. The third-order valence-electron chi connectivity index (χ3n) is 12.6. The molecule has 272 valence electrons. The van der Waals surface area contributed by atoms with Crippen LogP contribution in [-0.4, -0.2) is 0 Å². The van der Waals surface area contributed by atoms with E-state index in [0.717, 1.165) is 27.5 Å². The normalized spacial score (nSPS) is 12.1. The Hall–Kier alpha value is -7.22. The highest BCUT2D eigenvalue weighted by atomic mass is 16.3. The van der Waals surface area contributed by atoms with Crippen molar-refractivity contribution in [2.24, 2.45) is 0 Å². The molecule has 0 atom stereocenters. The molecule has 0 bridgehead atoms. The summed E-state index contributed by atoms with van der Waals surface area (Å²) in [5.41, 5.74) is 10.6. The molecule has 1 heterocycles. The Labute approximate surface area is 336 Å². The van der Waals surface area contributed by atoms with Crippen LogP contribution < -0.4 is 0 Å². The molecule has 0 unspecified atom stereocenters. The lowest BCUT2D eigenvalue weighted by molar-refractivity contribution is 0.673. The minimum atomic E-state index is 0.443. The molecule has 12 aromatic rings. The highest BCUT2D eigenvalue weighted by Crippen LogP contribution is 2.50. The van der Waals surface area contributed by atoms with Crippen LogP contribution in [0.15, 0.2) is 192 Å². The smallest absolute Gasteiger partial charge is 0.143 e. The van der Waals surface area contributed by atoms with Gasteiger partial charge in [0, 0.05) is 16.2 Å². The van der Waals surface area contributed by atoms with Crippen LogP contribution in [0.25, 0.3) is 120 Å². The standard InChI is InChI=1S/C57H38O/c1-34(2)37-25-24-36-27-30-50-41-29-28-40(33-52(41)58-57(50)51(36)32-37)54-44-17-7-11-21-48(44)56(49-22-12-8-18-45(49)54)55-46-19-9-5-15-42(46)53(43-16-6-10-20-47(43)55)39-26-23-35-13-3-4-14-38(35)31-39/h3-34H,1-2H3. The molecule has 0 fully saturated rings. The molecule has 0 radical (unpaired) electrons. The Morgan fingerprint density at radius 1 is 0.310 bits per heavy atom. The van der Waals surface area contributed by atoms with Gasteiger partial charge in [0.25, 0.3) is 0 Å². The maximum absolute atomic E-state index is 6.85. The van der Waals surface area contributed by atoms with E-state index in [4.69, 9.17) is 4.42 Å². The summed E-state index contributed by atoms with van der Waals surface area (Å²) < 4.78 is 6.85. The van der Waals surface area contributed by atoms with Crippen LogP contribution in [0.2, 0.25) is 0 Å². The predicted molar refractivity (Wildman–Crippen MR) is 249 cm³/mol. The molecule has 1 nitrogen and oxygen atoms in total. The lowest BCUT2D eigenvalue weighted by Crippen LogP contribution is -1.94. The molecule has 58 heavy (non-hydrogen) atoms. The van der Waals surface area contributed by atoms with Crippen LogP contribution >= 0.6 is 0 Å². The van der Waals surface area contributed by atoms with Gasteiger partial charge in [-0.05, 0) is 134 Å². The van der Waals surface area contributed by atoms with E-state index in [1.54, 1.807) is 0 Å². The van der Waals surface area contributed by atoms with Gasteiger partial charge in [0.2, 0.25) is 0 Å². The molecular weight excluding hydrogens is 701 g/mol. The lowest BCUT2D eigenvalue weighted by Gasteiger charge is -2.22. The number of fused-ring (bicyclic) bond motifs is 10. The number of benzene rings is 11. The average Bonchev–Trinajstić information content (AvgIpc) is 3.66. The summed E-state index contributed by atoms with van der Waals surface area (Å²) >= 11 is 0. The second-order valence-electron chi connectivity index (χ2n) is 16.1. The lowest BCUT2D eigenvalue weighted by atomic mass is 9.81. The van der Waals surface area contributed by atoms with E-state index < -0.39 is 0 Å². The van der Waals surface area contributed by atoms with Gasteiger partial charge in [-0.2, -0.15) is 0 Å². The van der Waals surface area contributed by atoms with Crippen LogP contribution in [0.4, 0.5) is 0 Å². The molecule has 1 heteroatoms. The summed E-state index contributed by atoms with van der Waals surface area (Å²) in [6.45, 7) is 4.50. The highest BCUT2D eigenvalue weighted by Gasteiger charge is 2.23. The van der Waals surface area contributed by atoms with Gasteiger partial charge in [0.15, 0.2) is 0 Å². The summed E-state index contributed by atoms with van der Waals surface area (Å²) in [6.07, 6.45) is 0. The van der Waals surface area contributed by atoms with Crippen molar-refractivity contribution in [1.82, 2.24) is 0 Å². The van der Waals surface area contributed by atoms with E-state index in [-0.39, 0.29) is 0 Å². The molecular formula is C57H38O. The van der Waals surface area contributed by atoms with Gasteiger partial charge >= 0.3 is 0 Å². The van der Waals surface area contributed by atoms with Gasteiger partial charge in [-0.15, -0.1) is 0 Å². The highest BCUT2D eigenvalue weighted by molar-refractivity contribution is 6.30. The van der Waals surface area contributed by atoms with E-state index in [9.17, 15) is 0 Å². The Bertz CT molecular complexity index is 3540. The predicted octanol–water partition coefficient (Wildman–Crippen LogP) is 16.6. The molecule has 0 aliphatic carbocycles. The van der Waals surface area contributed by atoms with Crippen molar-refractivity contribution >= 4 is 86.6 Å². The van der Waals surface area contributed by atoms with Crippen molar-refractivity contribution in [2.75, 3.05) is 0 Å². The molecule has 0 amide bonds. The van der Waals surface area contributed by atoms with Crippen molar-refractivity contribution in [3.05, 3.63) is 194 Å². The van der Waals surface area contributed by atoms with Crippen molar-refractivity contribution < 1.29 is 4.42 Å². The second kappa shape index (κ2) is 12.6. The molecule has 0 spiro atoms. The van der Waals surface area contributed by atoms with E-state index >= 15 is 0 Å². The Morgan fingerprint density at radius 3 is 1.29 bits per heavy atom. The fraction of sp³-hybridized carbons (Fsp3) is 0.0526. The van der Waals surface area contributed by atoms with Crippen LogP contribution in [-0.2, 0) is 0 Å². The van der Waals surface area contributed by atoms with E-state index in [1.807, 2.05) is 0 Å². The van der Waals surface area contributed by atoms with Gasteiger partial charge in [-0.1, -0.05) is 172 Å². The molecule has 0 aliphatic rings. The Morgan fingerprint density at radius 2 is 0.741 bits per heavy atom. The zero-order chi connectivity index (χ0) is 38.5. The Balaban J connectivity index is 1.15. The maximum atomic E-state index is 6.85. The van der Waals surface area contributed by atoms with Crippen molar-refractivity contribution in [3.63, 3.8) is 0 Å². The summed E-state index contributed by atoms with van der Waals surface area (Å²) in [5.74, 6) is 0.443. The minimum Gasteiger partial charge on any atom is -0.455 e. The van der Waals surface area contributed by atoms with Gasteiger partial charge in [-0.25, -0.2) is 0 Å². The van der Waals surface area contributed by atoms with Gasteiger partial charge in [0.1, 0.15) is 11.2 Å². The van der Waals surface area contributed by atoms with Crippen molar-refractivity contribution in [3.8, 4) is 33.4 Å². The number of furan rings is 1. The topological polar surface area (TPSA) is 13.1 Å². The summed E-state index contributed by atoms with van der Waals surface area (Å²) in [6, 6.07) is 69.6. The zero-order valence-corrected chi connectivity index (χ0v) is 32.4. The quantitative estimate of drug-likeness (QED) is 0.164. The maximum Gasteiger partial charge on any atom is 0.143 e. The molecule has 0 saturated heterocycles. The minimum absolute atomic E-state index is 0.443. The number of hydrogen-bond acceptors (Lipinski definition) is 1.